The van der Waals surface area contributed by atoms with Gasteiger partial charge in [0, 0.05) is 28.2 Å². The van der Waals surface area contributed by atoms with Gasteiger partial charge in [0.05, 0.1) is 10.8 Å². The van der Waals surface area contributed by atoms with Crippen LogP contribution >= 0.6 is 15.9 Å². The summed E-state index contributed by atoms with van der Waals surface area (Å²) >= 11 is 3.41. The molecule has 1 unspecified atom stereocenters. The maximum atomic E-state index is 11.3. The van der Waals surface area contributed by atoms with E-state index in [0.717, 1.165) is 15.6 Å². The molecule has 2 aromatic rings. The summed E-state index contributed by atoms with van der Waals surface area (Å²) < 4.78 is 6.70. The van der Waals surface area contributed by atoms with E-state index in [-0.39, 0.29) is 17.5 Å². The van der Waals surface area contributed by atoms with Crippen molar-refractivity contribution >= 4 is 33.1 Å². The molecule has 0 fully saturated rings. The zero-order chi connectivity index (χ0) is 19.1. The lowest BCUT2D eigenvalue weighted by atomic mass is 9.80. The molecular formula is C19H13BrN4O3. The molecule has 0 radical (unpaired) electrons. The highest BCUT2D eigenvalue weighted by atomic mass is 79.9. The number of para-hydroxylation sites is 1. The molecule has 0 aromatic heterocycles. The van der Waals surface area contributed by atoms with E-state index in [1.165, 1.54) is 6.07 Å². The van der Waals surface area contributed by atoms with Crippen molar-refractivity contribution in [3.63, 3.8) is 0 Å². The molecule has 1 atom stereocenters. The third kappa shape index (κ3) is 2.73. The lowest BCUT2D eigenvalue weighted by Crippen LogP contribution is -2.27. The number of allylic oxidation sites excluding steroid dienone is 1. The number of anilines is 1. The molecule has 0 saturated carbocycles. The van der Waals surface area contributed by atoms with Crippen LogP contribution in [0.15, 0.2) is 64.0 Å². The van der Waals surface area contributed by atoms with Gasteiger partial charge in [-0.15, -0.1) is 0 Å². The molecule has 134 valence electrons. The average Bonchev–Trinajstić information content (AvgIpc) is 2.67. The minimum absolute atomic E-state index is 0.0172. The summed E-state index contributed by atoms with van der Waals surface area (Å²) in [6.45, 7) is 0.312. The molecule has 4 rings (SSSR count). The van der Waals surface area contributed by atoms with E-state index in [0.29, 0.717) is 29.1 Å². The number of rotatable bonds is 2. The summed E-state index contributed by atoms with van der Waals surface area (Å²) in [7, 11) is 0. The Labute approximate surface area is 163 Å². The predicted molar refractivity (Wildman–Crippen MR) is 103 cm³/mol. The number of nitrogens with one attached hydrogen (secondary N) is 1. The van der Waals surface area contributed by atoms with Crippen molar-refractivity contribution in [2.24, 2.45) is 5.73 Å². The molecule has 2 heterocycles. The topological polar surface area (TPSA) is 114 Å². The maximum Gasteiger partial charge on any atom is 0.293 e. The van der Waals surface area contributed by atoms with Gasteiger partial charge in [-0.05, 0) is 23.8 Å². The van der Waals surface area contributed by atoms with Crippen molar-refractivity contribution in [1.82, 2.24) is 0 Å². The number of nitrogens with zero attached hydrogens (tertiary/aromatic N) is 2. The molecule has 0 saturated heterocycles. The van der Waals surface area contributed by atoms with Crippen LogP contribution in [-0.4, -0.2) is 11.5 Å². The summed E-state index contributed by atoms with van der Waals surface area (Å²) in [5.74, 6) is 0.104. The Morgan fingerprint density at radius 3 is 2.70 bits per heavy atom. The minimum Gasteiger partial charge on any atom is -0.440 e. The average molecular weight is 425 g/mol. The van der Waals surface area contributed by atoms with E-state index in [1.807, 2.05) is 24.3 Å². The SMILES string of the molecule is N#CC1=C(N)OC2=C(CNc3c2cccc3[N+](=O)[O-])C1c1ccc(Br)cc1. The van der Waals surface area contributed by atoms with Crippen LogP contribution in [0.4, 0.5) is 11.4 Å². The summed E-state index contributed by atoms with van der Waals surface area (Å²) in [5.41, 5.74) is 9.00. The van der Waals surface area contributed by atoms with Gasteiger partial charge >= 0.3 is 0 Å². The number of nitriles is 1. The highest BCUT2D eigenvalue weighted by Gasteiger charge is 2.37. The molecule has 2 aliphatic heterocycles. The lowest BCUT2D eigenvalue weighted by Gasteiger charge is -2.33. The fourth-order valence-corrected chi connectivity index (χ4v) is 3.75. The summed E-state index contributed by atoms with van der Waals surface area (Å²) in [4.78, 5) is 10.9. The lowest BCUT2D eigenvalue weighted by molar-refractivity contribution is -0.384. The van der Waals surface area contributed by atoms with Crippen LogP contribution in [0.5, 0.6) is 0 Å². The van der Waals surface area contributed by atoms with Crippen LogP contribution in [0.2, 0.25) is 0 Å². The Morgan fingerprint density at radius 2 is 2.04 bits per heavy atom. The number of hydrogen-bond acceptors (Lipinski definition) is 6. The van der Waals surface area contributed by atoms with E-state index in [2.05, 4.69) is 27.3 Å². The van der Waals surface area contributed by atoms with Crippen LogP contribution in [0.25, 0.3) is 5.76 Å². The second kappa shape index (κ2) is 6.45. The van der Waals surface area contributed by atoms with Crippen molar-refractivity contribution in [1.29, 1.82) is 5.26 Å². The van der Waals surface area contributed by atoms with E-state index >= 15 is 0 Å². The molecule has 2 aromatic carbocycles. The summed E-state index contributed by atoms with van der Waals surface area (Å²) in [6, 6.07) is 14.6. The molecule has 0 spiro atoms. The van der Waals surface area contributed by atoms with Crippen LogP contribution in [0.3, 0.4) is 0 Å². The highest BCUT2D eigenvalue weighted by Crippen LogP contribution is 2.47. The number of hydrogen-bond donors (Lipinski definition) is 2. The predicted octanol–water partition coefficient (Wildman–Crippen LogP) is 4.00. The first kappa shape index (κ1) is 17.1. The Hall–Kier alpha value is -3.31. The van der Waals surface area contributed by atoms with E-state index in [9.17, 15) is 15.4 Å². The first-order chi connectivity index (χ1) is 13.0. The van der Waals surface area contributed by atoms with Gasteiger partial charge in [-0.25, -0.2) is 0 Å². The maximum absolute atomic E-state index is 11.3. The Balaban J connectivity index is 1.92. The van der Waals surface area contributed by atoms with Crippen molar-refractivity contribution < 1.29 is 9.66 Å². The second-order valence-corrected chi connectivity index (χ2v) is 7.06. The quantitative estimate of drug-likeness (QED) is 0.555. The van der Waals surface area contributed by atoms with Crippen molar-refractivity contribution in [3.05, 3.63) is 85.2 Å². The number of nitrogens with two attached hydrogens (primary N) is 1. The van der Waals surface area contributed by atoms with Crippen LogP contribution < -0.4 is 11.1 Å². The molecule has 0 bridgehead atoms. The molecule has 27 heavy (non-hydrogen) atoms. The minimum atomic E-state index is -0.438. The fourth-order valence-electron chi connectivity index (χ4n) is 3.48. The van der Waals surface area contributed by atoms with Gasteiger partial charge in [0.25, 0.3) is 5.69 Å². The summed E-state index contributed by atoms with van der Waals surface area (Å²) in [6.07, 6.45) is 0. The highest BCUT2D eigenvalue weighted by molar-refractivity contribution is 9.10. The number of halogens is 1. The van der Waals surface area contributed by atoms with Gasteiger partial charge in [-0.1, -0.05) is 34.1 Å². The van der Waals surface area contributed by atoms with Gasteiger partial charge in [0.1, 0.15) is 23.1 Å². The Kier molecular flexibility index (Phi) is 4.09. The number of nitro groups is 1. The fraction of sp³-hybridized carbons (Fsp3) is 0.105. The van der Waals surface area contributed by atoms with E-state index in [1.54, 1.807) is 12.1 Å². The van der Waals surface area contributed by atoms with Gasteiger partial charge in [0.2, 0.25) is 5.88 Å². The monoisotopic (exact) mass is 424 g/mol. The molecule has 3 N–H and O–H groups in total. The molecule has 8 heteroatoms. The van der Waals surface area contributed by atoms with E-state index < -0.39 is 4.92 Å². The van der Waals surface area contributed by atoms with Crippen molar-refractivity contribution in [2.45, 2.75) is 5.92 Å². The standard InChI is InChI=1S/C19H13BrN4O3/c20-11-6-4-10(5-7-11)16-13(8-21)19(22)27-18-12-2-1-3-15(24(25)26)17(12)23-9-14(16)18/h1-7,16,23H,9,22H2. The van der Waals surface area contributed by atoms with Gasteiger partial charge in [0.15, 0.2) is 0 Å². The molecule has 0 amide bonds. The molecule has 0 aliphatic carbocycles. The third-order valence-electron chi connectivity index (χ3n) is 4.67. The van der Waals surface area contributed by atoms with Crippen LogP contribution in [-0.2, 0) is 4.74 Å². The second-order valence-electron chi connectivity index (χ2n) is 6.14. The van der Waals surface area contributed by atoms with Gasteiger partial charge in [-0.3, -0.25) is 10.1 Å². The molecular weight excluding hydrogens is 412 g/mol. The summed E-state index contributed by atoms with van der Waals surface area (Å²) in [5, 5.41) is 24.1. The number of benzene rings is 2. The van der Waals surface area contributed by atoms with Gasteiger partial charge < -0.3 is 15.8 Å². The van der Waals surface area contributed by atoms with Crippen molar-refractivity contribution in [3.8, 4) is 6.07 Å². The Bertz CT molecular complexity index is 1070. The molecule has 2 aliphatic rings. The number of ether oxygens (including phenoxy) is 1. The first-order valence-electron chi connectivity index (χ1n) is 8.09. The van der Waals surface area contributed by atoms with E-state index in [4.69, 9.17) is 10.5 Å². The number of nitro benzene ring substituents is 1. The zero-order valence-corrected chi connectivity index (χ0v) is 15.5. The first-order valence-corrected chi connectivity index (χ1v) is 8.88. The number of fused-ring (bicyclic) bond motifs is 2. The third-order valence-corrected chi connectivity index (χ3v) is 5.20. The smallest absolute Gasteiger partial charge is 0.293 e. The normalized spacial score (nSPS) is 18.0. The zero-order valence-electron chi connectivity index (χ0n) is 13.9. The molecule has 7 nitrogen and oxygen atoms in total. The largest absolute Gasteiger partial charge is 0.440 e. The van der Waals surface area contributed by atoms with Crippen molar-refractivity contribution in [2.75, 3.05) is 11.9 Å². The Morgan fingerprint density at radius 1 is 1.30 bits per heavy atom. The van der Waals surface area contributed by atoms with Gasteiger partial charge in [-0.2, -0.15) is 5.26 Å². The van der Waals surface area contributed by atoms with Crippen LogP contribution in [0.1, 0.15) is 17.0 Å². The van der Waals surface area contributed by atoms with Crippen LogP contribution in [0, 0.1) is 21.4 Å².